The van der Waals surface area contributed by atoms with Gasteiger partial charge in [-0.05, 0) is 37.6 Å². The Bertz CT molecular complexity index is 1260. The first-order chi connectivity index (χ1) is 16.2. The van der Waals surface area contributed by atoms with Gasteiger partial charge in [0, 0.05) is 37.0 Å². The SMILES string of the molecule is CC1(C)CN(C(=O)Oc2ccc(C3OP(=O)(O)C(O)(Cc4cccnc4)P(=O)(O)O3)c(F)c2)C1=O. The topological polar surface area (TPSA) is 173 Å². The normalized spacial score (nSPS) is 32.1. The van der Waals surface area contributed by atoms with Gasteiger partial charge in [0.15, 0.2) is 0 Å². The monoisotopic (exact) mass is 530 g/mol. The minimum absolute atomic E-state index is 0.120. The summed E-state index contributed by atoms with van der Waals surface area (Å²) < 4.78 is 55.2. The molecule has 2 fully saturated rings. The number of hydrogen-bond donors (Lipinski definition) is 3. The van der Waals surface area contributed by atoms with E-state index in [1.165, 1.54) is 24.5 Å². The van der Waals surface area contributed by atoms with Gasteiger partial charge in [0.05, 0.1) is 5.41 Å². The van der Waals surface area contributed by atoms with E-state index in [9.17, 15) is 38.0 Å². The standard InChI is InChI=1S/C20H21FN2O10P2/c1-19(2)11-23(17(19)24)18(25)31-13-5-6-14(15(21)8-13)16-32-34(27,28)20(26,35(29,30)33-16)9-12-4-3-7-22-10-12/h3-8,10,16,26H,9,11H2,1-2H3,(H,27,28)(H,29,30). The van der Waals surface area contributed by atoms with Crippen molar-refractivity contribution >= 4 is 27.2 Å². The van der Waals surface area contributed by atoms with Gasteiger partial charge in [-0.1, -0.05) is 6.07 Å². The molecule has 0 spiro atoms. The Labute approximate surface area is 198 Å². The maximum Gasteiger partial charge on any atom is 0.422 e. The second-order valence-corrected chi connectivity index (χ2v) is 13.1. The van der Waals surface area contributed by atoms with Crippen LogP contribution in [0.3, 0.4) is 0 Å². The molecule has 2 aliphatic heterocycles. The number of carbonyl (C=O) groups excluding carboxylic acids is 2. The van der Waals surface area contributed by atoms with Gasteiger partial charge in [0.1, 0.15) is 11.6 Å². The summed E-state index contributed by atoms with van der Waals surface area (Å²) in [6.07, 6.45) is -1.37. The van der Waals surface area contributed by atoms with E-state index in [1.54, 1.807) is 13.8 Å². The molecule has 0 bridgehead atoms. The summed E-state index contributed by atoms with van der Waals surface area (Å²) in [6, 6.07) is 5.55. The first-order valence-electron chi connectivity index (χ1n) is 10.1. The second kappa shape index (κ2) is 8.56. The highest BCUT2D eigenvalue weighted by atomic mass is 31.2. The molecule has 12 nitrogen and oxygen atoms in total. The number of halogens is 1. The third-order valence-electron chi connectivity index (χ3n) is 5.58. The Morgan fingerprint density at radius 1 is 1.26 bits per heavy atom. The summed E-state index contributed by atoms with van der Waals surface area (Å²) in [4.78, 5) is 49.4. The minimum atomic E-state index is -5.31. The molecule has 4 rings (SSSR count). The number of nitrogens with zero attached hydrogens (tertiary/aromatic N) is 2. The Balaban J connectivity index is 1.53. The molecule has 0 aliphatic carbocycles. The highest BCUT2D eigenvalue weighted by Crippen LogP contribution is 2.79. The predicted octanol–water partition coefficient (Wildman–Crippen LogP) is 2.89. The molecule has 188 valence electrons. The number of benzene rings is 1. The number of ether oxygens (including phenoxy) is 1. The van der Waals surface area contributed by atoms with Crippen molar-refractivity contribution in [3.05, 3.63) is 59.7 Å². The number of rotatable bonds is 4. The molecule has 1 aromatic heterocycles. The van der Waals surface area contributed by atoms with Gasteiger partial charge >= 0.3 is 21.3 Å². The van der Waals surface area contributed by atoms with E-state index in [1.807, 2.05) is 0 Å². The average Bonchev–Trinajstić information content (AvgIpc) is 2.76. The first kappa shape index (κ1) is 25.6. The van der Waals surface area contributed by atoms with Crippen LogP contribution >= 0.6 is 15.2 Å². The summed E-state index contributed by atoms with van der Waals surface area (Å²) >= 11 is 0. The van der Waals surface area contributed by atoms with Crippen LogP contribution in [0.1, 0.15) is 31.3 Å². The number of pyridine rings is 1. The smallest absolute Gasteiger partial charge is 0.410 e. The van der Waals surface area contributed by atoms with Gasteiger partial charge in [0.2, 0.25) is 12.2 Å². The van der Waals surface area contributed by atoms with Crippen molar-refractivity contribution in [2.45, 2.75) is 31.6 Å². The number of carbonyl (C=O) groups is 2. The van der Waals surface area contributed by atoms with E-state index in [4.69, 9.17) is 13.8 Å². The number of likely N-dealkylation sites (tertiary alicyclic amines) is 1. The van der Waals surface area contributed by atoms with Crippen molar-refractivity contribution in [3.63, 3.8) is 0 Å². The van der Waals surface area contributed by atoms with E-state index < -0.39 is 61.8 Å². The summed E-state index contributed by atoms with van der Waals surface area (Å²) in [7, 11) is -10.6. The van der Waals surface area contributed by atoms with Crippen LogP contribution in [0.2, 0.25) is 0 Å². The number of hydrogen-bond acceptors (Lipinski definition) is 9. The van der Waals surface area contributed by atoms with Gasteiger partial charge in [-0.25, -0.2) is 14.1 Å². The van der Waals surface area contributed by atoms with Crippen LogP contribution in [0.4, 0.5) is 9.18 Å². The van der Waals surface area contributed by atoms with Crippen LogP contribution in [0.25, 0.3) is 0 Å². The molecule has 3 heterocycles. The highest BCUT2D eigenvalue weighted by molar-refractivity contribution is 7.73. The van der Waals surface area contributed by atoms with Crippen LogP contribution in [0.15, 0.2) is 42.7 Å². The first-order valence-corrected chi connectivity index (χ1v) is 13.3. The molecule has 0 saturated carbocycles. The molecule has 3 N–H and O–H groups in total. The Morgan fingerprint density at radius 3 is 2.43 bits per heavy atom. The zero-order valence-electron chi connectivity index (χ0n) is 18.4. The molecule has 2 amide bonds. The van der Waals surface area contributed by atoms with Crippen LogP contribution < -0.4 is 4.74 Å². The fourth-order valence-electron chi connectivity index (χ4n) is 3.57. The minimum Gasteiger partial charge on any atom is -0.410 e. The molecule has 0 radical (unpaired) electrons. The zero-order chi connectivity index (χ0) is 25.8. The lowest BCUT2D eigenvalue weighted by Crippen LogP contribution is -2.61. The summed E-state index contributed by atoms with van der Waals surface area (Å²) in [6.45, 7) is 3.42. The molecule has 2 aromatic rings. The van der Waals surface area contributed by atoms with Crippen molar-refractivity contribution in [3.8, 4) is 5.75 Å². The van der Waals surface area contributed by atoms with E-state index in [-0.39, 0.29) is 17.9 Å². The largest absolute Gasteiger partial charge is 0.422 e. The van der Waals surface area contributed by atoms with Crippen molar-refractivity contribution in [1.29, 1.82) is 0 Å². The lowest BCUT2D eigenvalue weighted by atomic mass is 9.84. The van der Waals surface area contributed by atoms with Crippen LogP contribution in [-0.2, 0) is 29.4 Å². The van der Waals surface area contributed by atoms with Crippen LogP contribution in [-0.4, -0.2) is 48.4 Å². The van der Waals surface area contributed by atoms with Crippen molar-refractivity contribution < 1.29 is 51.8 Å². The third kappa shape index (κ3) is 4.45. The Morgan fingerprint density at radius 2 is 1.91 bits per heavy atom. The van der Waals surface area contributed by atoms with Gasteiger partial charge in [-0.15, -0.1) is 0 Å². The summed E-state index contributed by atoms with van der Waals surface area (Å²) in [5.74, 6) is -1.94. The lowest BCUT2D eigenvalue weighted by molar-refractivity contribution is -0.152. The Kier molecular flexibility index (Phi) is 6.26. The molecular formula is C20H21FN2O10P2. The summed E-state index contributed by atoms with van der Waals surface area (Å²) in [5.41, 5.74) is -1.14. The van der Waals surface area contributed by atoms with Crippen LogP contribution in [0.5, 0.6) is 5.75 Å². The molecule has 2 saturated heterocycles. The van der Waals surface area contributed by atoms with E-state index >= 15 is 0 Å². The Hall–Kier alpha value is -2.50. The zero-order valence-corrected chi connectivity index (χ0v) is 20.2. The van der Waals surface area contributed by atoms with Crippen molar-refractivity contribution in [2.24, 2.45) is 5.41 Å². The van der Waals surface area contributed by atoms with E-state index in [0.717, 1.165) is 17.0 Å². The van der Waals surface area contributed by atoms with E-state index in [0.29, 0.717) is 6.07 Å². The third-order valence-corrected chi connectivity index (χ3v) is 10.2. The maximum absolute atomic E-state index is 14.8. The molecule has 35 heavy (non-hydrogen) atoms. The molecular weight excluding hydrogens is 509 g/mol. The summed E-state index contributed by atoms with van der Waals surface area (Å²) in [5, 5.41) is 7.48. The number of imide groups is 1. The molecule has 15 heteroatoms. The number of amides is 2. The number of aliphatic hydroxyl groups is 1. The maximum atomic E-state index is 14.8. The molecule has 2 aliphatic rings. The van der Waals surface area contributed by atoms with Gasteiger partial charge < -0.3 is 19.6 Å². The molecule has 2 unspecified atom stereocenters. The molecule has 1 aromatic carbocycles. The van der Waals surface area contributed by atoms with Crippen molar-refractivity contribution in [2.75, 3.05) is 6.54 Å². The lowest BCUT2D eigenvalue weighted by Gasteiger charge is -2.41. The molecule has 2 atom stereocenters. The fraction of sp³-hybridized carbons (Fsp3) is 0.350. The highest BCUT2D eigenvalue weighted by Gasteiger charge is 2.67. The van der Waals surface area contributed by atoms with Crippen molar-refractivity contribution in [1.82, 2.24) is 9.88 Å². The van der Waals surface area contributed by atoms with Crippen LogP contribution in [0, 0.1) is 11.2 Å². The second-order valence-electron chi connectivity index (χ2n) is 8.72. The van der Waals surface area contributed by atoms with E-state index in [2.05, 4.69) is 4.98 Å². The number of β-lactam (4-membered cyclic amide) rings is 1. The average molecular weight is 530 g/mol. The predicted molar refractivity (Wildman–Crippen MR) is 115 cm³/mol. The fourth-order valence-corrected chi connectivity index (χ4v) is 7.13. The van der Waals surface area contributed by atoms with Gasteiger partial charge in [-0.3, -0.25) is 28.0 Å². The van der Waals surface area contributed by atoms with Gasteiger partial charge in [0.25, 0.3) is 5.08 Å². The number of aromatic nitrogens is 1. The van der Waals surface area contributed by atoms with Gasteiger partial charge in [-0.2, -0.15) is 0 Å². The quantitative estimate of drug-likeness (QED) is 0.392.